The summed E-state index contributed by atoms with van der Waals surface area (Å²) in [5.74, 6) is 0. The van der Waals surface area contributed by atoms with Gasteiger partial charge in [-0.05, 0) is 0 Å². The molecule has 0 saturated carbocycles. The van der Waals surface area contributed by atoms with Crippen LogP contribution >= 0.6 is 22.4 Å². The van der Waals surface area contributed by atoms with Gasteiger partial charge >= 0.3 is 103 Å². The molecular weight excluding hydrogens is 322 g/mol. The summed E-state index contributed by atoms with van der Waals surface area (Å²) in [4.78, 5) is 0. The van der Waals surface area contributed by atoms with Gasteiger partial charge in [0.25, 0.3) is 0 Å². The van der Waals surface area contributed by atoms with Crippen LogP contribution in [0.1, 0.15) is 20.8 Å². The Balaban J connectivity index is 2.78. The number of benzene rings is 1. The molecule has 0 nitrogen and oxygen atoms in total. The second-order valence-corrected chi connectivity index (χ2v) is 8.69. The molecule has 0 fully saturated rings. The summed E-state index contributed by atoms with van der Waals surface area (Å²) in [6.07, 6.45) is 0. The van der Waals surface area contributed by atoms with Crippen LogP contribution in [0.4, 0.5) is 0 Å². The number of rotatable bonds is 2. The Kier molecular flexibility index (Phi) is 4.87. The van der Waals surface area contributed by atoms with Gasteiger partial charge < -0.3 is 0 Å². The van der Waals surface area contributed by atoms with Gasteiger partial charge in [0.15, 0.2) is 0 Å². The van der Waals surface area contributed by atoms with Crippen molar-refractivity contribution in [1.29, 1.82) is 0 Å². The van der Waals surface area contributed by atoms with Crippen LogP contribution in [0.15, 0.2) is 30.3 Å². The van der Waals surface area contributed by atoms with Gasteiger partial charge in [0.05, 0.1) is 0 Å². The van der Waals surface area contributed by atoms with E-state index in [1.165, 1.54) is 11.4 Å². The first-order valence-electron chi connectivity index (χ1n) is 4.46. The molecule has 1 rings (SSSR count). The maximum atomic E-state index is 3.56. The summed E-state index contributed by atoms with van der Waals surface area (Å²) in [5, 5.41) is 0. The van der Waals surface area contributed by atoms with E-state index >= 15 is 0 Å². The molecule has 0 N–H and O–H groups in total. The first kappa shape index (κ1) is 12.5. The number of hydrogen-bond donors (Lipinski definition) is 0. The van der Waals surface area contributed by atoms with Crippen LogP contribution in [0, 0.1) is 5.41 Å². The molecule has 0 radical (unpaired) electrons. The van der Waals surface area contributed by atoms with Crippen LogP contribution in [0.5, 0.6) is 0 Å². The van der Waals surface area contributed by atoms with Crippen molar-refractivity contribution in [3.05, 3.63) is 30.3 Å². The van der Waals surface area contributed by atoms with Crippen molar-refractivity contribution in [2.45, 2.75) is 20.8 Å². The Bertz CT molecular complexity index is 314. The quantitative estimate of drug-likeness (QED) is 0.573. The number of hydrogen-bond acceptors (Lipinski definition) is 0. The van der Waals surface area contributed by atoms with Gasteiger partial charge in [-0.1, -0.05) is 0 Å². The summed E-state index contributed by atoms with van der Waals surface area (Å²) >= 11 is 4.04. The van der Waals surface area contributed by atoms with Crippen LogP contribution in [0.3, 0.4) is 0 Å². The molecule has 0 aromatic heterocycles. The van der Waals surface area contributed by atoms with Crippen LogP contribution < -0.4 is 4.46 Å². The average molecular weight is 336 g/mol. The molecule has 3 heteroatoms. The summed E-state index contributed by atoms with van der Waals surface area (Å²) < 4.78 is 3.04. The van der Waals surface area contributed by atoms with Crippen LogP contribution in [-0.2, 0) is 0 Å². The van der Waals surface area contributed by atoms with E-state index < -0.39 is 0 Å². The Labute approximate surface area is 102 Å². The van der Waals surface area contributed by atoms with E-state index in [9.17, 15) is 0 Å². The van der Waals surface area contributed by atoms with Crippen LogP contribution in [-0.4, -0.2) is 19.1 Å². The molecule has 0 amide bonds. The maximum absolute atomic E-state index is 3.56. The zero-order chi connectivity index (χ0) is 10.6. The summed E-state index contributed by atoms with van der Waals surface area (Å²) in [6.45, 7) is 8.09. The normalized spacial score (nSPS) is 13.0. The van der Waals surface area contributed by atoms with Crippen molar-refractivity contribution in [1.82, 2.24) is 0 Å². The van der Waals surface area contributed by atoms with E-state index in [0.717, 1.165) is 0 Å². The SMILES string of the molecule is CC(C)(C)C(=PBr)[Se]c1ccccc1. The van der Waals surface area contributed by atoms with E-state index in [-0.39, 0.29) is 0 Å². The molecule has 1 aromatic rings. The van der Waals surface area contributed by atoms with Crippen LogP contribution in [0.2, 0.25) is 0 Å². The first-order chi connectivity index (χ1) is 6.54. The fourth-order valence-electron chi connectivity index (χ4n) is 0.897. The minimum atomic E-state index is 0.306. The number of halogens is 1. The molecule has 0 saturated heterocycles. The molecule has 14 heavy (non-hydrogen) atoms. The van der Waals surface area contributed by atoms with Gasteiger partial charge in [0, 0.05) is 0 Å². The fourth-order valence-corrected chi connectivity index (χ4v) is 6.40. The molecule has 0 unspecified atom stereocenters. The molecule has 0 spiro atoms. The first-order valence-corrected chi connectivity index (χ1v) is 9.09. The predicted molar refractivity (Wildman–Crippen MR) is 72.1 cm³/mol. The molecule has 0 aliphatic rings. The van der Waals surface area contributed by atoms with Gasteiger partial charge in [0.2, 0.25) is 0 Å². The zero-order valence-corrected chi connectivity index (χ0v) is 12.8. The van der Waals surface area contributed by atoms with Crippen molar-refractivity contribution >= 4 is 46.0 Å². The van der Waals surface area contributed by atoms with Gasteiger partial charge in [-0.15, -0.1) is 0 Å². The van der Waals surface area contributed by atoms with Crippen molar-refractivity contribution in [3.8, 4) is 0 Å². The fraction of sp³-hybridized carbons (Fsp3) is 0.364. The van der Waals surface area contributed by atoms with E-state index in [0.29, 0.717) is 20.4 Å². The molecule has 0 aliphatic heterocycles. The molecule has 76 valence electrons. The van der Waals surface area contributed by atoms with E-state index in [4.69, 9.17) is 0 Å². The Hall–Kier alpha value is 0.389. The Morgan fingerprint density at radius 1 is 1.21 bits per heavy atom. The monoisotopic (exact) mass is 336 g/mol. The Morgan fingerprint density at radius 3 is 2.21 bits per heavy atom. The van der Waals surface area contributed by atoms with E-state index in [1.54, 1.807) is 4.19 Å². The summed E-state index contributed by atoms with van der Waals surface area (Å²) in [6, 6.07) is 10.7. The van der Waals surface area contributed by atoms with Gasteiger partial charge in [-0.25, -0.2) is 0 Å². The van der Waals surface area contributed by atoms with Crippen molar-refractivity contribution in [2.75, 3.05) is 0 Å². The van der Waals surface area contributed by atoms with Gasteiger partial charge in [0.1, 0.15) is 0 Å². The molecule has 0 bridgehead atoms. The topological polar surface area (TPSA) is 0 Å². The van der Waals surface area contributed by atoms with E-state index in [2.05, 4.69) is 66.6 Å². The van der Waals surface area contributed by atoms with Crippen LogP contribution in [0.25, 0.3) is 0 Å². The molecule has 1 aromatic carbocycles. The average Bonchev–Trinajstić information content (AvgIpc) is 2.14. The second-order valence-electron chi connectivity index (χ2n) is 4.05. The zero-order valence-electron chi connectivity index (χ0n) is 8.62. The standard InChI is InChI=1S/C11H14BrPSe/c1-11(2,3)10(13-12)14-9-7-5-4-6-8-9/h4-8H,1-3H3. The van der Waals surface area contributed by atoms with Gasteiger partial charge in [-0.3, -0.25) is 0 Å². The molecule has 0 aliphatic carbocycles. The molecular formula is C11H14BrPSe. The third-order valence-electron chi connectivity index (χ3n) is 1.68. The van der Waals surface area contributed by atoms with E-state index in [1.807, 2.05) is 0 Å². The second kappa shape index (κ2) is 5.47. The Morgan fingerprint density at radius 2 is 1.79 bits per heavy atom. The third-order valence-corrected chi connectivity index (χ3v) is 8.95. The van der Waals surface area contributed by atoms with Crippen molar-refractivity contribution in [2.24, 2.45) is 5.41 Å². The van der Waals surface area contributed by atoms with Crippen molar-refractivity contribution < 1.29 is 0 Å². The predicted octanol–water partition coefficient (Wildman–Crippen LogP) is 3.45. The third kappa shape index (κ3) is 3.87. The van der Waals surface area contributed by atoms with Gasteiger partial charge in [-0.2, -0.15) is 0 Å². The summed E-state index contributed by atoms with van der Waals surface area (Å²) in [5.41, 5.74) is 0.306. The summed E-state index contributed by atoms with van der Waals surface area (Å²) in [7, 11) is 0. The van der Waals surface area contributed by atoms with Crippen molar-refractivity contribution in [3.63, 3.8) is 0 Å². The minimum absolute atomic E-state index is 0.306. The molecule has 0 atom stereocenters. The molecule has 0 heterocycles.